The lowest BCUT2D eigenvalue weighted by atomic mass is 10.0. The first-order chi connectivity index (χ1) is 5.84. The molecule has 70 valence electrons. The number of hydrogen-bond acceptors (Lipinski definition) is 3. The minimum atomic E-state index is 0.0466. The maximum absolute atomic E-state index is 11.3. The van der Waals surface area contributed by atoms with E-state index >= 15 is 0 Å². The van der Waals surface area contributed by atoms with Gasteiger partial charge >= 0.3 is 0 Å². The number of carbonyl (C=O) groups excluding carboxylic acids is 1. The van der Waals surface area contributed by atoms with Crippen LogP contribution in [0.1, 0.15) is 12.8 Å². The van der Waals surface area contributed by atoms with Crippen molar-refractivity contribution < 1.29 is 9.53 Å². The van der Waals surface area contributed by atoms with Crippen LogP contribution in [-0.4, -0.2) is 32.2 Å². The molecule has 0 aromatic carbocycles. The lowest BCUT2D eigenvalue weighted by Crippen LogP contribution is -2.37. The smallest absolute Gasteiger partial charge is 0.225 e. The Morgan fingerprint density at radius 1 is 1.67 bits per heavy atom. The van der Waals surface area contributed by atoms with Crippen LogP contribution in [0.5, 0.6) is 0 Å². The SMILES string of the molecule is NCCNC(=O)C1CCCOC1. The van der Waals surface area contributed by atoms with Gasteiger partial charge in [0.25, 0.3) is 0 Å². The standard InChI is InChI=1S/C8H16N2O2/c9-3-4-10-8(11)7-2-1-5-12-6-7/h7H,1-6,9H2,(H,10,11). The second-order valence-corrected chi connectivity index (χ2v) is 2.99. The maximum atomic E-state index is 11.3. The summed E-state index contributed by atoms with van der Waals surface area (Å²) in [5.74, 6) is 0.130. The summed E-state index contributed by atoms with van der Waals surface area (Å²) < 4.78 is 5.19. The summed E-state index contributed by atoms with van der Waals surface area (Å²) in [6, 6.07) is 0. The zero-order chi connectivity index (χ0) is 8.81. The minimum Gasteiger partial charge on any atom is -0.381 e. The second kappa shape index (κ2) is 5.11. The average molecular weight is 172 g/mol. The number of ether oxygens (including phenoxy) is 1. The van der Waals surface area contributed by atoms with Crippen LogP contribution in [0.2, 0.25) is 0 Å². The van der Waals surface area contributed by atoms with Gasteiger partial charge in [-0.15, -0.1) is 0 Å². The van der Waals surface area contributed by atoms with E-state index in [4.69, 9.17) is 10.5 Å². The van der Waals surface area contributed by atoms with Crippen LogP contribution in [0.25, 0.3) is 0 Å². The molecule has 12 heavy (non-hydrogen) atoms. The van der Waals surface area contributed by atoms with E-state index in [1.54, 1.807) is 0 Å². The molecule has 0 radical (unpaired) electrons. The highest BCUT2D eigenvalue weighted by molar-refractivity contribution is 5.78. The Morgan fingerprint density at radius 3 is 3.08 bits per heavy atom. The summed E-state index contributed by atoms with van der Waals surface area (Å²) in [6.45, 7) is 2.42. The van der Waals surface area contributed by atoms with Gasteiger partial charge < -0.3 is 15.8 Å². The number of hydrogen-bond donors (Lipinski definition) is 2. The van der Waals surface area contributed by atoms with Crippen LogP contribution in [0, 0.1) is 5.92 Å². The highest BCUT2D eigenvalue weighted by Gasteiger charge is 2.20. The Labute approximate surface area is 72.5 Å². The largest absolute Gasteiger partial charge is 0.381 e. The highest BCUT2D eigenvalue weighted by Crippen LogP contribution is 2.12. The quantitative estimate of drug-likeness (QED) is 0.602. The van der Waals surface area contributed by atoms with Gasteiger partial charge in [0, 0.05) is 19.7 Å². The summed E-state index contributed by atoms with van der Waals surface area (Å²) in [6.07, 6.45) is 1.93. The fourth-order valence-corrected chi connectivity index (χ4v) is 1.29. The van der Waals surface area contributed by atoms with E-state index in [0.29, 0.717) is 19.7 Å². The summed E-state index contributed by atoms with van der Waals surface area (Å²) in [5.41, 5.74) is 5.26. The molecule has 0 aliphatic carbocycles. The van der Waals surface area contributed by atoms with E-state index in [2.05, 4.69) is 5.32 Å². The third kappa shape index (κ3) is 2.79. The van der Waals surface area contributed by atoms with E-state index in [1.165, 1.54) is 0 Å². The Morgan fingerprint density at radius 2 is 2.50 bits per heavy atom. The van der Waals surface area contributed by atoms with Crippen molar-refractivity contribution in [2.24, 2.45) is 11.7 Å². The van der Waals surface area contributed by atoms with E-state index < -0.39 is 0 Å². The van der Waals surface area contributed by atoms with Crippen LogP contribution in [0.3, 0.4) is 0 Å². The monoisotopic (exact) mass is 172 g/mol. The van der Waals surface area contributed by atoms with Gasteiger partial charge in [-0.1, -0.05) is 0 Å². The van der Waals surface area contributed by atoms with Crippen molar-refractivity contribution in [2.45, 2.75) is 12.8 Å². The molecule has 1 unspecified atom stereocenters. The molecule has 0 bridgehead atoms. The minimum absolute atomic E-state index is 0.0466. The van der Waals surface area contributed by atoms with Crippen LogP contribution in [0.4, 0.5) is 0 Å². The molecule has 0 aromatic heterocycles. The third-order valence-electron chi connectivity index (χ3n) is 1.97. The lowest BCUT2D eigenvalue weighted by molar-refractivity contribution is -0.128. The molecule has 1 aliphatic rings. The van der Waals surface area contributed by atoms with Gasteiger partial charge in [-0.3, -0.25) is 4.79 Å². The van der Waals surface area contributed by atoms with Gasteiger partial charge in [-0.2, -0.15) is 0 Å². The maximum Gasteiger partial charge on any atom is 0.225 e. The zero-order valence-corrected chi connectivity index (χ0v) is 7.21. The first-order valence-electron chi connectivity index (χ1n) is 4.40. The molecular formula is C8H16N2O2. The average Bonchev–Trinajstić information content (AvgIpc) is 2.15. The summed E-state index contributed by atoms with van der Waals surface area (Å²) in [7, 11) is 0. The van der Waals surface area contributed by atoms with Crippen molar-refractivity contribution in [3.8, 4) is 0 Å². The Kier molecular flexibility index (Phi) is 4.04. The van der Waals surface area contributed by atoms with Crippen molar-refractivity contribution in [1.29, 1.82) is 0 Å². The van der Waals surface area contributed by atoms with E-state index in [-0.39, 0.29) is 11.8 Å². The molecule has 1 fully saturated rings. The summed E-state index contributed by atoms with van der Waals surface area (Å²) in [5, 5.41) is 2.76. The van der Waals surface area contributed by atoms with Crippen LogP contribution in [-0.2, 0) is 9.53 Å². The molecule has 0 saturated carbocycles. The molecule has 4 heteroatoms. The van der Waals surface area contributed by atoms with Crippen LogP contribution >= 0.6 is 0 Å². The summed E-state index contributed by atoms with van der Waals surface area (Å²) in [4.78, 5) is 11.3. The number of rotatable bonds is 3. The van der Waals surface area contributed by atoms with Crippen LogP contribution < -0.4 is 11.1 Å². The fourth-order valence-electron chi connectivity index (χ4n) is 1.29. The molecule has 0 spiro atoms. The second-order valence-electron chi connectivity index (χ2n) is 2.99. The molecule has 4 nitrogen and oxygen atoms in total. The molecule has 1 amide bonds. The molecule has 1 atom stereocenters. The fraction of sp³-hybridized carbons (Fsp3) is 0.875. The van der Waals surface area contributed by atoms with Crippen LogP contribution in [0.15, 0.2) is 0 Å². The zero-order valence-electron chi connectivity index (χ0n) is 7.21. The molecule has 1 aliphatic heterocycles. The Bertz CT molecular complexity index is 144. The van der Waals surface area contributed by atoms with Gasteiger partial charge in [0.15, 0.2) is 0 Å². The third-order valence-corrected chi connectivity index (χ3v) is 1.97. The topological polar surface area (TPSA) is 64.3 Å². The van der Waals surface area contributed by atoms with Gasteiger partial charge in [-0.25, -0.2) is 0 Å². The van der Waals surface area contributed by atoms with Crippen molar-refractivity contribution in [2.75, 3.05) is 26.3 Å². The van der Waals surface area contributed by atoms with Gasteiger partial charge in [-0.05, 0) is 12.8 Å². The molecule has 3 N–H and O–H groups in total. The predicted octanol–water partition coefficient (Wildman–Crippen LogP) is -0.512. The number of amides is 1. The van der Waals surface area contributed by atoms with Gasteiger partial charge in [0.05, 0.1) is 12.5 Å². The van der Waals surface area contributed by atoms with Crippen molar-refractivity contribution in [3.05, 3.63) is 0 Å². The molecule has 0 aromatic rings. The van der Waals surface area contributed by atoms with Crippen molar-refractivity contribution >= 4 is 5.91 Å². The van der Waals surface area contributed by atoms with Crippen molar-refractivity contribution in [1.82, 2.24) is 5.32 Å². The molecule has 1 saturated heterocycles. The number of carbonyl (C=O) groups is 1. The van der Waals surface area contributed by atoms with Crippen molar-refractivity contribution in [3.63, 3.8) is 0 Å². The number of nitrogens with two attached hydrogens (primary N) is 1. The molecule has 1 rings (SSSR count). The first kappa shape index (κ1) is 9.48. The Hall–Kier alpha value is -0.610. The lowest BCUT2D eigenvalue weighted by Gasteiger charge is -2.20. The van der Waals surface area contributed by atoms with Gasteiger partial charge in [0.2, 0.25) is 5.91 Å². The van der Waals surface area contributed by atoms with Gasteiger partial charge in [0.1, 0.15) is 0 Å². The normalized spacial score (nSPS) is 23.6. The highest BCUT2D eigenvalue weighted by atomic mass is 16.5. The summed E-state index contributed by atoms with van der Waals surface area (Å²) >= 11 is 0. The first-order valence-corrected chi connectivity index (χ1v) is 4.40. The molecule has 1 heterocycles. The van der Waals surface area contributed by atoms with E-state index in [9.17, 15) is 4.79 Å². The van der Waals surface area contributed by atoms with E-state index in [0.717, 1.165) is 19.4 Å². The van der Waals surface area contributed by atoms with E-state index in [1.807, 2.05) is 0 Å². The Balaban J connectivity index is 2.20. The number of nitrogens with one attached hydrogen (secondary N) is 1. The molecular weight excluding hydrogens is 156 g/mol. The predicted molar refractivity (Wildman–Crippen MR) is 45.6 cm³/mol.